The first kappa shape index (κ1) is 14.9. The number of carbonyl (C=O) groups excluding carboxylic acids is 2. The first-order chi connectivity index (χ1) is 9.93. The molecule has 0 radical (unpaired) electrons. The van der Waals surface area contributed by atoms with E-state index in [9.17, 15) is 18.4 Å². The number of halogens is 2. The van der Waals surface area contributed by atoms with Gasteiger partial charge in [0.25, 0.3) is 0 Å². The molecule has 0 spiro atoms. The van der Waals surface area contributed by atoms with Crippen LogP contribution in [0.15, 0.2) is 24.4 Å². The number of carbonyl (C=O) groups is 2. The normalized spacial score (nSPS) is 10.5. The van der Waals surface area contributed by atoms with Gasteiger partial charge in [0.1, 0.15) is 17.3 Å². The largest absolute Gasteiger partial charge is 0.461 e. The number of aromatic nitrogens is 1. The van der Waals surface area contributed by atoms with E-state index >= 15 is 0 Å². The number of esters is 1. The minimum atomic E-state index is -0.934. The maximum absolute atomic E-state index is 13.8. The standard InChI is InChI=1S/C15H13F2NO3/c1-3-21-15(20)12-6-9(7-18-12)14(19)13-10(16)4-8(2)5-11(13)17/h4-7,18H,3H2,1-2H3. The Balaban J connectivity index is 2.35. The molecule has 0 aliphatic carbocycles. The summed E-state index contributed by atoms with van der Waals surface area (Å²) >= 11 is 0. The fourth-order valence-corrected chi connectivity index (χ4v) is 1.91. The third-order valence-electron chi connectivity index (χ3n) is 2.85. The third-order valence-corrected chi connectivity index (χ3v) is 2.85. The second kappa shape index (κ2) is 5.87. The van der Waals surface area contributed by atoms with Crippen LogP contribution < -0.4 is 0 Å². The molecule has 6 heteroatoms. The van der Waals surface area contributed by atoms with Crippen LogP contribution in [0.2, 0.25) is 0 Å². The van der Waals surface area contributed by atoms with Crippen molar-refractivity contribution in [3.63, 3.8) is 0 Å². The smallest absolute Gasteiger partial charge is 0.354 e. The molecule has 0 saturated heterocycles. The average molecular weight is 293 g/mol. The van der Waals surface area contributed by atoms with E-state index in [1.807, 2.05) is 0 Å². The maximum atomic E-state index is 13.8. The highest BCUT2D eigenvalue weighted by atomic mass is 19.1. The van der Waals surface area contributed by atoms with Crippen LogP contribution in [0.5, 0.6) is 0 Å². The molecular weight excluding hydrogens is 280 g/mol. The van der Waals surface area contributed by atoms with Gasteiger partial charge in [-0.1, -0.05) is 0 Å². The number of rotatable bonds is 4. The van der Waals surface area contributed by atoms with Crippen molar-refractivity contribution in [2.24, 2.45) is 0 Å². The number of nitrogens with one attached hydrogen (secondary N) is 1. The molecule has 0 amide bonds. The SMILES string of the molecule is CCOC(=O)c1cc(C(=O)c2c(F)cc(C)cc2F)c[nH]1. The van der Waals surface area contributed by atoms with Gasteiger partial charge in [0.2, 0.25) is 0 Å². The lowest BCUT2D eigenvalue weighted by molar-refractivity contribution is 0.0520. The summed E-state index contributed by atoms with van der Waals surface area (Å²) < 4.78 is 32.3. The molecular formula is C15H13F2NO3. The van der Waals surface area contributed by atoms with Crippen LogP contribution >= 0.6 is 0 Å². The molecule has 0 aliphatic rings. The highest BCUT2D eigenvalue weighted by molar-refractivity contribution is 6.10. The quantitative estimate of drug-likeness (QED) is 0.696. The molecule has 110 valence electrons. The Labute approximate surface area is 119 Å². The second-order valence-corrected chi connectivity index (χ2v) is 4.46. The molecule has 0 atom stereocenters. The average Bonchev–Trinajstić information content (AvgIpc) is 2.87. The molecule has 0 saturated carbocycles. The molecule has 0 unspecified atom stereocenters. The van der Waals surface area contributed by atoms with E-state index in [4.69, 9.17) is 4.74 Å². The van der Waals surface area contributed by atoms with Crippen molar-refractivity contribution in [1.82, 2.24) is 4.98 Å². The predicted octanol–water partition coefficient (Wildman–Crippen LogP) is 3.01. The number of ether oxygens (including phenoxy) is 1. The Hall–Kier alpha value is -2.50. The summed E-state index contributed by atoms with van der Waals surface area (Å²) in [5, 5.41) is 0. The molecule has 2 aromatic rings. The Kier molecular flexibility index (Phi) is 4.16. The molecule has 1 aromatic heterocycles. The van der Waals surface area contributed by atoms with E-state index in [1.54, 1.807) is 6.92 Å². The first-order valence-corrected chi connectivity index (χ1v) is 6.30. The van der Waals surface area contributed by atoms with E-state index < -0.39 is 29.0 Å². The Morgan fingerprint density at radius 3 is 2.38 bits per heavy atom. The van der Waals surface area contributed by atoms with Gasteiger partial charge in [0, 0.05) is 11.8 Å². The minimum Gasteiger partial charge on any atom is -0.461 e. The van der Waals surface area contributed by atoms with E-state index in [0.29, 0.717) is 5.56 Å². The van der Waals surface area contributed by atoms with Gasteiger partial charge < -0.3 is 9.72 Å². The van der Waals surface area contributed by atoms with E-state index in [0.717, 1.165) is 12.1 Å². The van der Waals surface area contributed by atoms with Crippen LogP contribution in [-0.4, -0.2) is 23.3 Å². The van der Waals surface area contributed by atoms with E-state index in [2.05, 4.69) is 4.98 Å². The lowest BCUT2D eigenvalue weighted by Crippen LogP contribution is -2.08. The highest BCUT2D eigenvalue weighted by Gasteiger charge is 2.22. The van der Waals surface area contributed by atoms with Gasteiger partial charge in [0.05, 0.1) is 12.2 Å². The number of aromatic amines is 1. The molecule has 1 N–H and O–H groups in total. The van der Waals surface area contributed by atoms with Crippen LogP contribution in [0.1, 0.15) is 38.9 Å². The fraction of sp³-hybridized carbons (Fsp3) is 0.200. The number of H-pyrrole nitrogens is 1. The first-order valence-electron chi connectivity index (χ1n) is 6.30. The molecule has 1 heterocycles. The number of aryl methyl sites for hydroxylation is 1. The zero-order chi connectivity index (χ0) is 15.6. The van der Waals surface area contributed by atoms with Crippen LogP contribution in [0, 0.1) is 18.6 Å². The number of benzene rings is 1. The monoisotopic (exact) mass is 293 g/mol. The van der Waals surface area contributed by atoms with E-state index in [-0.39, 0.29) is 17.9 Å². The molecule has 21 heavy (non-hydrogen) atoms. The van der Waals surface area contributed by atoms with Gasteiger partial charge in [0.15, 0.2) is 5.78 Å². The van der Waals surface area contributed by atoms with Crippen molar-refractivity contribution < 1.29 is 23.1 Å². The topological polar surface area (TPSA) is 59.2 Å². The van der Waals surface area contributed by atoms with Crippen LogP contribution in [-0.2, 0) is 4.74 Å². The van der Waals surface area contributed by atoms with Gasteiger partial charge in [-0.15, -0.1) is 0 Å². The lowest BCUT2D eigenvalue weighted by atomic mass is 10.0. The van der Waals surface area contributed by atoms with Crippen LogP contribution in [0.4, 0.5) is 8.78 Å². The van der Waals surface area contributed by atoms with Crippen LogP contribution in [0.3, 0.4) is 0 Å². The maximum Gasteiger partial charge on any atom is 0.354 e. The summed E-state index contributed by atoms with van der Waals surface area (Å²) in [6.07, 6.45) is 1.22. The number of hydrogen-bond acceptors (Lipinski definition) is 3. The van der Waals surface area contributed by atoms with Crippen molar-refractivity contribution in [3.8, 4) is 0 Å². The molecule has 0 aliphatic heterocycles. The summed E-state index contributed by atoms with van der Waals surface area (Å²) in [5.41, 5.74) is -0.231. The fourth-order valence-electron chi connectivity index (χ4n) is 1.91. The molecule has 4 nitrogen and oxygen atoms in total. The second-order valence-electron chi connectivity index (χ2n) is 4.46. The van der Waals surface area contributed by atoms with Gasteiger partial charge in [-0.25, -0.2) is 13.6 Å². The summed E-state index contributed by atoms with van der Waals surface area (Å²) in [7, 11) is 0. The Morgan fingerprint density at radius 1 is 1.19 bits per heavy atom. The summed E-state index contributed by atoms with van der Waals surface area (Å²) in [6, 6.07) is 3.36. The molecule has 2 rings (SSSR count). The highest BCUT2D eigenvalue weighted by Crippen LogP contribution is 2.19. The van der Waals surface area contributed by atoms with Crippen molar-refractivity contribution in [1.29, 1.82) is 0 Å². The van der Waals surface area contributed by atoms with Crippen molar-refractivity contribution in [2.45, 2.75) is 13.8 Å². The van der Waals surface area contributed by atoms with Gasteiger partial charge in [-0.2, -0.15) is 0 Å². The Morgan fingerprint density at radius 2 is 1.81 bits per heavy atom. The molecule has 0 fully saturated rings. The van der Waals surface area contributed by atoms with Gasteiger partial charge in [-0.05, 0) is 37.6 Å². The predicted molar refractivity (Wildman–Crippen MR) is 71.3 cm³/mol. The summed E-state index contributed by atoms with van der Waals surface area (Å²) in [6.45, 7) is 3.35. The molecule has 1 aromatic carbocycles. The molecule has 0 bridgehead atoms. The van der Waals surface area contributed by atoms with Crippen molar-refractivity contribution in [3.05, 3.63) is 58.4 Å². The Bertz CT molecular complexity index is 684. The zero-order valence-corrected chi connectivity index (χ0v) is 11.5. The zero-order valence-electron chi connectivity index (χ0n) is 11.5. The summed E-state index contributed by atoms with van der Waals surface area (Å²) in [5.74, 6) is -3.34. The summed E-state index contributed by atoms with van der Waals surface area (Å²) in [4.78, 5) is 26.2. The van der Waals surface area contributed by atoms with Gasteiger partial charge in [-0.3, -0.25) is 4.79 Å². The van der Waals surface area contributed by atoms with Gasteiger partial charge >= 0.3 is 5.97 Å². The van der Waals surface area contributed by atoms with E-state index in [1.165, 1.54) is 19.2 Å². The van der Waals surface area contributed by atoms with Crippen molar-refractivity contribution in [2.75, 3.05) is 6.61 Å². The van der Waals surface area contributed by atoms with Crippen LogP contribution in [0.25, 0.3) is 0 Å². The third kappa shape index (κ3) is 2.99. The number of ketones is 1. The lowest BCUT2D eigenvalue weighted by Gasteiger charge is -2.04. The minimum absolute atomic E-state index is 0.0142. The number of hydrogen-bond donors (Lipinski definition) is 1. The van der Waals surface area contributed by atoms with Crippen molar-refractivity contribution >= 4 is 11.8 Å².